The predicted octanol–water partition coefficient (Wildman–Crippen LogP) is 1.90. The van der Waals surface area contributed by atoms with Crippen molar-refractivity contribution < 1.29 is 4.74 Å². The maximum atomic E-state index is 4.80. The van der Waals surface area contributed by atoms with Crippen LogP contribution in [0.1, 0.15) is 19.8 Å². The summed E-state index contributed by atoms with van der Waals surface area (Å²) in [6.07, 6.45) is 4.65. The van der Waals surface area contributed by atoms with Crippen molar-refractivity contribution >= 4 is 0 Å². The smallest absolute Gasteiger partial charge is 0.212 e. The molecule has 0 bridgehead atoms. The monoisotopic (exact) mass is 111 g/mol. The summed E-state index contributed by atoms with van der Waals surface area (Å²) >= 11 is 0. The van der Waals surface area contributed by atoms with Crippen LogP contribution in [0.15, 0.2) is 12.3 Å². The average molecular weight is 111 g/mol. The lowest BCUT2D eigenvalue weighted by Crippen LogP contribution is -1.84. The number of ether oxygens (including phenoxy) is 1. The van der Waals surface area contributed by atoms with Crippen LogP contribution in [0.3, 0.4) is 0 Å². The molecular formula is C7H11O. The van der Waals surface area contributed by atoms with Gasteiger partial charge in [0, 0.05) is 0 Å². The molecule has 0 fully saturated rings. The molecule has 0 aromatic carbocycles. The molecule has 0 aliphatic rings. The first-order chi connectivity index (χ1) is 3.91. The molecule has 0 aliphatic heterocycles. The minimum atomic E-state index is 0.735. The Kier molecular flexibility index (Phi) is 5.78. The van der Waals surface area contributed by atoms with Crippen LogP contribution >= 0.6 is 0 Å². The summed E-state index contributed by atoms with van der Waals surface area (Å²) in [5.74, 6) is 0. The van der Waals surface area contributed by atoms with Gasteiger partial charge in [-0.2, -0.15) is 0 Å². The lowest BCUT2D eigenvalue weighted by molar-refractivity contribution is 0.224. The van der Waals surface area contributed by atoms with E-state index in [2.05, 4.69) is 25.5 Å². The lowest BCUT2D eigenvalue weighted by Gasteiger charge is -1.92. The zero-order chi connectivity index (χ0) is 6.24. The molecule has 1 radical (unpaired) electrons. The van der Waals surface area contributed by atoms with Gasteiger partial charge in [0.25, 0.3) is 0 Å². The number of hydrogen-bond acceptors (Lipinski definition) is 1. The van der Waals surface area contributed by atoms with E-state index in [0.717, 1.165) is 19.4 Å². The fourth-order valence-corrected chi connectivity index (χ4v) is 0.319. The second-order valence-electron chi connectivity index (χ2n) is 1.48. The zero-order valence-corrected chi connectivity index (χ0v) is 5.24. The number of unbranched alkanes of at least 4 members (excludes halogenated alkanes) is 1. The van der Waals surface area contributed by atoms with Gasteiger partial charge in [0.05, 0.1) is 6.61 Å². The summed E-state index contributed by atoms with van der Waals surface area (Å²) in [4.78, 5) is 0. The maximum absolute atomic E-state index is 4.80. The highest BCUT2D eigenvalue weighted by atomic mass is 16.5. The minimum Gasteiger partial charge on any atom is -0.482 e. The summed E-state index contributed by atoms with van der Waals surface area (Å²) in [6, 6.07) is 0. The highest BCUT2D eigenvalue weighted by molar-refractivity contribution is 4.55. The Bertz CT molecular complexity index is 80.4. The third-order valence-electron chi connectivity index (χ3n) is 0.744. The Morgan fingerprint density at radius 2 is 2.38 bits per heavy atom. The number of rotatable bonds is 4. The van der Waals surface area contributed by atoms with Gasteiger partial charge in [-0.25, -0.2) is 0 Å². The molecule has 0 rings (SSSR count). The summed E-state index contributed by atoms with van der Waals surface area (Å²) in [5.41, 5.74) is 2.40. The van der Waals surface area contributed by atoms with Crippen LogP contribution in [0, 0.1) is 6.26 Å². The molecule has 0 spiro atoms. The topological polar surface area (TPSA) is 9.23 Å². The van der Waals surface area contributed by atoms with E-state index < -0.39 is 0 Å². The van der Waals surface area contributed by atoms with E-state index in [1.165, 1.54) is 0 Å². The van der Waals surface area contributed by atoms with Crippen LogP contribution < -0.4 is 0 Å². The molecular weight excluding hydrogens is 100 g/mol. The van der Waals surface area contributed by atoms with Crippen molar-refractivity contribution in [2.24, 2.45) is 0 Å². The van der Waals surface area contributed by atoms with Gasteiger partial charge in [0.2, 0.25) is 6.26 Å². The van der Waals surface area contributed by atoms with Gasteiger partial charge < -0.3 is 4.74 Å². The second-order valence-corrected chi connectivity index (χ2v) is 1.48. The summed E-state index contributed by atoms with van der Waals surface area (Å²) in [6.45, 7) is 6.14. The molecule has 0 heterocycles. The Morgan fingerprint density at radius 1 is 1.62 bits per heavy atom. The third-order valence-corrected chi connectivity index (χ3v) is 0.744. The molecule has 0 N–H and O–H groups in total. The third kappa shape index (κ3) is 5.32. The van der Waals surface area contributed by atoms with E-state index in [-0.39, 0.29) is 0 Å². The van der Waals surface area contributed by atoms with E-state index in [4.69, 9.17) is 4.74 Å². The van der Waals surface area contributed by atoms with E-state index in [9.17, 15) is 0 Å². The van der Waals surface area contributed by atoms with Crippen molar-refractivity contribution in [3.63, 3.8) is 0 Å². The molecule has 0 unspecified atom stereocenters. The van der Waals surface area contributed by atoms with Crippen LogP contribution in [0.25, 0.3) is 0 Å². The van der Waals surface area contributed by atoms with Gasteiger partial charge in [-0.05, 0) is 6.42 Å². The first kappa shape index (κ1) is 7.32. The van der Waals surface area contributed by atoms with Crippen molar-refractivity contribution in [2.75, 3.05) is 6.61 Å². The van der Waals surface area contributed by atoms with E-state index in [1.54, 1.807) is 0 Å². The lowest BCUT2D eigenvalue weighted by atomic mass is 10.4. The van der Waals surface area contributed by atoms with Crippen molar-refractivity contribution in [1.82, 2.24) is 0 Å². The second kappa shape index (κ2) is 6.32. The van der Waals surface area contributed by atoms with Gasteiger partial charge in [0.1, 0.15) is 0 Å². The first-order valence-electron chi connectivity index (χ1n) is 2.80. The molecule has 1 nitrogen and oxygen atoms in total. The molecule has 0 saturated carbocycles. The van der Waals surface area contributed by atoms with Gasteiger partial charge in [0.15, 0.2) is 0 Å². The van der Waals surface area contributed by atoms with Crippen LogP contribution in [-0.2, 0) is 4.74 Å². The molecule has 0 atom stereocenters. The normalized spacial score (nSPS) is 7.62. The molecule has 8 heavy (non-hydrogen) atoms. The van der Waals surface area contributed by atoms with E-state index in [1.807, 2.05) is 0 Å². The van der Waals surface area contributed by atoms with Crippen molar-refractivity contribution in [1.29, 1.82) is 0 Å². The summed E-state index contributed by atoms with van der Waals surface area (Å²) in [7, 11) is 0. The Labute approximate surface area is 50.7 Å². The molecule has 45 valence electrons. The zero-order valence-electron chi connectivity index (χ0n) is 5.24. The predicted molar refractivity (Wildman–Crippen MR) is 33.2 cm³/mol. The first-order valence-corrected chi connectivity index (χ1v) is 2.80. The van der Waals surface area contributed by atoms with Crippen LogP contribution in [0.4, 0.5) is 0 Å². The van der Waals surface area contributed by atoms with Gasteiger partial charge in [-0.1, -0.05) is 25.7 Å². The van der Waals surface area contributed by atoms with Crippen molar-refractivity contribution in [2.45, 2.75) is 19.8 Å². The number of hydrogen-bond donors (Lipinski definition) is 0. The van der Waals surface area contributed by atoms with Gasteiger partial charge in [-0.15, -0.1) is 0 Å². The highest BCUT2D eigenvalue weighted by Gasteiger charge is 1.77. The molecule has 0 saturated heterocycles. The van der Waals surface area contributed by atoms with E-state index >= 15 is 0 Å². The Balaban J connectivity index is 2.82. The van der Waals surface area contributed by atoms with Crippen LogP contribution in [0.5, 0.6) is 0 Å². The maximum Gasteiger partial charge on any atom is 0.212 e. The molecule has 0 amide bonds. The molecule has 0 aromatic rings. The van der Waals surface area contributed by atoms with E-state index in [0.29, 0.717) is 0 Å². The minimum absolute atomic E-state index is 0.735. The molecule has 0 aliphatic carbocycles. The largest absolute Gasteiger partial charge is 0.482 e. The average Bonchev–Trinajstić information content (AvgIpc) is 1.81. The summed E-state index contributed by atoms with van der Waals surface area (Å²) in [5, 5.41) is 0. The summed E-state index contributed by atoms with van der Waals surface area (Å²) < 4.78 is 4.80. The van der Waals surface area contributed by atoms with Gasteiger partial charge >= 0.3 is 0 Å². The molecule has 0 aromatic heterocycles. The van der Waals surface area contributed by atoms with Crippen LogP contribution in [-0.4, -0.2) is 6.61 Å². The SMILES string of the molecule is C=C=[C]OCCCC. The van der Waals surface area contributed by atoms with Gasteiger partial charge in [-0.3, -0.25) is 0 Å². The quantitative estimate of drug-likeness (QED) is 0.306. The Hall–Kier alpha value is -0.680. The standard InChI is InChI=1S/C7H11O/c1-3-5-7-8-6-4-2/h2-3,5,7H2,1H3. The van der Waals surface area contributed by atoms with Crippen molar-refractivity contribution in [3.8, 4) is 0 Å². The Morgan fingerprint density at radius 3 is 2.88 bits per heavy atom. The fourth-order valence-electron chi connectivity index (χ4n) is 0.319. The van der Waals surface area contributed by atoms with Crippen molar-refractivity contribution in [3.05, 3.63) is 18.6 Å². The van der Waals surface area contributed by atoms with Crippen LogP contribution in [0.2, 0.25) is 0 Å². The fraction of sp³-hybridized carbons (Fsp3) is 0.571. The molecule has 1 heteroatoms. The highest BCUT2D eigenvalue weighted by Crippen LogP contribution is 1.85.